The number of nitrogens with zero attached hydrogens (tertiary/aromatic N) is 1. The van der Waals surface area contributed by atoms with Gasteiger partial charge in [-0.3, -0.25) is 4.79 Å². The molecule has 0 spiro atoms. The maximum Gasteiger partial charge on any atom is 0.236 e. The van der Waals surface area contributed by atoms with E-state index in [0.717, 1.165) is 19.0 Å². The lowest BCUT2D eigenvalue weighted by molar-refractivity contribution is -0.134. The van der Waals surface area contributed by atoms with Crippen LogP contribution in [0.4, 0.5) is 0 Å². The third kappa shape index (κ3) is 3.19. The number of likely N-dealkylation sites (tertiary alicyclic amines) is 1. The van der Waals surface area contributed by atoms with Crippen LogP contribution in [-0.4, -0.2) is 50.2 Å². The summed E-state index contributed by atoms with van der Waals surface area (Å²) in [7, 11) is 1.68. The van der Waals surface area contributed by atoms with Crippen molar-refractivity contribution in [3.05, 3.63) is 0 Å². The van der Waals surface area contributed by atoms with Crippen molar-refractivity contribution in [1.29, 1.82) is 0 Å². The van der Waals surface area contributed by atoms with Gasteiger partial charge >= 0.3 is 0 Å². The predicted octanol–water partition coefficient (Wildman–Crippen LogP) is 1.01. The number of nitrogens with one attached hydrogen (secondary N) is 1. The van der Waals surface area contributed by atoms with Gasteiger partial charge in [0.2, 0.25) is 5.91 Å². The van der Waals surface area contributed by atoms with Crippen molar-refractivity contribution < 1.29 is 9.53 Å². The van der Waals surface area contributed by atoms with Crippen LogP contribution in [-0.2, 0) is 9.53 Å². The number of rotatable bonds is 5. The van der Waals surface area contributed by atoms with E-state index in [4.69, 9.17) is 4.74 Å². The fourth-order valence-electron chi connectivity index (χ4n) is 3.23. The molecule has 0 radical (unpaired) electrons. The molecule has 1 amide bonds. The maximum absolute atomic E-state index is 12.1. The Kier molecular flexibility index (Phi) is 4.80. The molecule has 0 bridgehead atoms. The van der Waals surface area contributed by atoms with Crippen molar-refractivity contribution in [1.82, 2.24) is 10.2 Å². The quantitative estimate of drug-likeness (QED) is 0.729. The highest BCUT2D eigenvalue weighted by Crippen LogP contribution is 2.36. The number of amides is 1. The van der Waals surface area contributed by atoms with Crippen LogP contribution in [0.3, 0.4) is 0 Å². The van der Waals surface area contributed by atoms with Gasteiger partial charge in [0.15, 0.2) is 0 Å². The number of piperidine rings is 1. The van der Waals surface area contributed by atoms with Gasteiger partial charge < -0.3 is 15.0 Å². The summed E-state index contributed by atoms with van der Waals surface area (Å²) < 4.78 is 4.95. The zero-order valence-electron chi connectivity index (χ0n) is 10.8. The van der Waals surface area contributed by atoms with E-state index in [1.54, 1.807) is 7.11 Å². The van der Waals surface area contributed by atoms with E-state index in [2.05, 4.69) is 10.2 Å². The Morgan fingerprint density at radius 1 is 1.35 bits per heavy atom. The topological polar surface area (TPSA) is 41.6 Å². The van der Waals surface area contributed by atoms with Gasteiger partial charge in [0.05, 0.1) is 13.2 Å². The minimum atomic E-state index is 0.276. The molecule has 1 heterocycles. The fourth-order valence-corrected chi connectivity index (χ4v) is 3.23. The van der Waals surface area contributed by atoms with Crippen LogP contribution in [0, 0.1) is 5.92 Å². The van der Waals surface area contributed by atoms with Gasteiger partial charge in [-0.1, -0.05) is 6.42 Å². The van der Waals surface area contributed by atoms with Gasteiger partial charge in [0.1, 0.15) is 0 Å². The highest BCUT2D eigenvalue weighted by molar-refractivity contribution is 5.78. The summed E-state index contributed by atoms with van der Waals surface area (Å²) in [6, 6.07) is 0.542. The molecule has 4 nitrogen and oxygen atoms in total. The summed E-state index contributed by atoms with van der Waals surface area (Å²) in [5.74, 6) is 1.06. The monoisotopic (exact) mass is 240 g/mol. The van der Waals surface area contributed by atoms with E-state index in [1.165, 1.54) is 32.1 Å². The Morgan fingerprint density at radius 3 is 3.00 bits per heavy atom. The van der Waals surface area contributed by atoms with Crippen LogP contribution in [0.15, 0.2) is 0 Å². The molecule has 2 unspecified atom stereocenters. The predicted molar refractivity (Wildman–Crippen MR) is 66.8 cm³/mol. The largest absolute Gasteiger partial charge is 0.383 e. The molecule has 2 atom stereocenters. The van der Waals surface area contributed by atoms with Gasteiger partial charge in [0, 0.05) is 26.2 Å². The summed E-state index contributed by atoms with van der Waals surface area (Å²) in [6.45, 7) is 2.85. The van der Waals surface area contributed by atoms with E-state index in [1.807, 2.05) is 0 Å². The number of fused-ring (bicyclic) bond motifs is 1. The van der Waals surface area contributed by atoms with Crippen LogP contribution in [0.25, 0.3) is 0 Å². The Balaban J connectivity index is 1.77. The normalized spacial score (nSPS) is 28.2. The molecule has 1 aliphatic carbocycles. The third-order valence-electron chi connectivity index (χ3n) is 4.07. The Hall–Kier alpha value is -0.610. The molecule has 17 heavy (non-hydrogen) atoms. The SMILES string of the molecule is COCCNCC(=O)N1CCCC2CCCC21. The maximum atomic E-state index is 12.1. The van der Waals surface area contributed by atoms with Crippen LogP contribution >= 0.6 is 0 Å². The van der Waals surface area contributed by atoms with Crippen LogP contribution in [0.1, 0.15) is 32.1 Å². The van der Waals surface area contributed by atoms with Crippen molar-refractivity contribution >= 4 is 5.91 Å². The van der Waals surface area contributed by atoms with Crippen LogP contribution in [0.5, 0.6) is 0 Å². The Labute approximate surface area is 104 Å². The highest BCUT2D eigenvalue weighted by Gasteiger charge is 2.36. The van der Waals surface area contributed by atoms with Gasteiger partial charge in [-0.15, -0.1) is 0 Å². The van der Waals surface area contributed by atoms with Gasteiger partial charge in [-0.05, 0) is 31.6 Å². The Bertz CT molecular complexity index is 258. The fraction of sp³-hybridized carbons (Fsp3) is 0.923. The zero-order valence-corrected chi connectivity index (χ0v) is 10.8. The number of hydrogen-bond acceptors (Lipinski definition) is 3. The van der Waals surface area contributed by atoms with Crippen molar-refractivity contribution in [3.8, 4) is 0 Å². The first-order chi connectivity index (χ1) is 8.33. The molecule has 0 aromatic rings. The average molecular weight is 240 g/mol. The first kappa shape index (κ1) is 12.8. The first-order valence-corrected chi connectivity index (χ1v) is 6.82. The van der Waals surface area contributed by atoms with Gasteiger partial charge in [0.25, 0.3) is 0 Å². The molecule has 2 fully saturated rings. The molecule has 1 saturated carbocycles. The minimum Gasteiger partial charge on any atom is -0.383 e. The molecule has 98 valence electrons. The number of hydrogen-bond donors (Lipinski definition) is 1. The Morgan fingerprint density at radius 2 is 2.18 bits per heavy atom. The molecule has 4 heteroatoms. The number of carbonyl (C=O) groups excluding carboxylic acids is 1. The second-order valence-electron chi connectivity index (χ2n) is 5.16. The second-order valence-corrected chi connectivity index (χ2v) is 5.16. The molecule has 0 aromatic heterocycles. The number of ether oxygens (including phenoxy) is 1. The zero-order chi connectivity index (χ0) is 12.1. The second kappa shape index (κ2) is 6.36. The van der Waals surface area contributed by atoms with E-state index >= 15 is 0 Å². The summed E-state index contributed by atoms with van der Waals surface area (Å²) in [4.78, 5) is 14.3. The van der Waals surface area contributed by atoms with Crippen LogP contribution < -0.4 is 5.32 Å². The number of methoxy groups -OCH3 is 1. The van der Waals surface area contributed by atoms with Crippen molar-refractivity contribution in [2.45, 2.75) is 38.1 Å². The molecule has 0 aromatic carbocycles. The van der Waals surface area contributed by atoms with Crippen molar-refractivity contribution in [3.63, 3.8) is 0 Å². The van der Waals surface area contributed by atoms with Gasteiger partial charge in [-0.2, -0.15) is 0 Å². The van der Waals surface area contributed by atoms with Crippen molar-refractivity contribution in [2.75, 3.05) is 33.4 Å². The van der Waals surface area contributed by atoms with E-state index < -0.39 is 0 Å². The molecule has 1 saturated heterocycles. The van der Waals surface area contributed by atoms with Crippen LogP contribution in [0.2, 0.25) is 0 Å². The summed E-state index contributed by atoms with van der Waals surface area (Å²) in [5, 5.41) is 3.15. The average Bonchev–Trinajstić information content (AvgIpc) is 2.82. The molecular formula is C13H24N2O2. The lowest BCUT2D eigenvalue weighted by Crippen LogP contribution is -2.49. The summed E-state index contributed by atoms with van der Waals surface area (Å²) >= 11 is 0. The van der Waals surface area contributed by atoms with Gasteiger partial charge in [-0.25, -0.2) is 0 Å². The minimum absolute atomic E-state index is 0.276. The number of carbonyl (C=O) groups is 1. The lowest BCUT2D eigenvalue weighted by atomic mass is 9.92. The molecule has 1 N–H and O–H groups in total. The smallest absolute Gasteiger partial charge is 0.236 e. The summed E-state index contributed by atoms with van der Waals surface area (Å²) in [5.41, 5.74) is 0. The summed E-state index contributed by atoms with van der Waals surface area (Å²) in [6.07, 6.45) is 6.35. The third-order valence-corrected chi connectivity index (χ3v) is 4.07. The van der Waals surface area contributed by atoms with Crippen molar-refractivity contribution in [2.24, 2.45) is 5.92 Å². The first-order valence-electron chi connectivity index (χ1n) is 6.82. The molecule has 2 rings (SSSR count). The standard InChI is InChI=1S/C13H24N2O2/c1-17-9-7-14-10-13(16)15-8-3-5-11-4-2-6-12(11)15/h11-12,14H,2-10H2,1H3. The molecule has 2 aliphatic rings. The van der Waals surface area contributed by atoms with E-state index in [0.29, 0.717) is 19.2 Å². The van der Waals surface area contributed by atoms with E-state index in [-0.39, 0.29) is 5.91 Å². The molecular weight excluding hydrogens is 216 g/mol. The van der Waals surface area contributed by atoms with E-state index in [9.17, 15) is 4.79 Å². The lowest BCUT2D eigenvalue weighted by Gasteiger charge is -2.37. The highest BCUT2D eigenvalue weighted by atomic mass is 16.5. The molecule has 1 aliphatic heterocycles.